The van der Waals surface area contributed by atoms with Crippen molar-refractivity contribution in [1.29, 1.82) is 0 Å². The number of anilines is 1. The third kappa shape index (κ3) is 15.7. The van der Waals surface area contributed by atoms with Crippen molar-refractivity contribution >= 4 is 52.0 Å². The topological polar surface area (TPSA) is 291 Å². The maximum absolute atomic E-state index is 14.6. The van der Waals surface area contributed by atoms with E-state index in [0.717, 1.165) is 12.8 Å². The summed E-state index contributed by atoms with van der Waals surface area (Å²) in [6.45, 7) is 17.8. The van der Waals surface area contributed by atoms with E-state index in [1.54, 1.807) is 53.7 Å². The van der Waals surface area contributed by atoms with E-state index >= 15 is 0 Å². The highest BCUT2D eigenvalue weighted by molar-refractivity contribution is 6.34. The van der Waals surface area contributed by atoms with Gasteiger partial charge in [-0.05, 0) is 107 Å². The van der Waals surface area contributed by atoms with Gasteiger partial charge >= 0.3 is 17.9 Å². The number of halogens is 1. The number of aliphatic hydroxyl groups excluding tert-OH is 2. The molecule has 4 heterocycles. The van der Waals surface area contributed by atoms with Gasteiger partial charge in [-0.25, -0.2) is 4.79 Å². The van der Waals surface area contributed by atoms with Crippen LogP contribution >= 0.6 is 11.6 Å². The normalized spacial score (nSPS) is 36.3. The summed E-state index contributed by atoms with van der Waals surface area (Å²) in [6.07, 6.45) is -6.71. The number of cyclic esters (lactones) is 1. The number of benzene rings is 1. The van der Waals surface area contributed by atoms with Gasteiger partial charge in [0.2, 0.25) is 11.3 Å². The van der Waals surface area contributed by atoms with Gasteiger partial charge in [-0.3, -0.25) is 19.2 Å². The standard InChI is InChI=1S/C58H91ClN4O19/c1-15-43-58(10,72)49(67)34(6)52(68)61-30(2)27-56(8,73-13)50(82-55-47(66)42(62(11)12)24-31(3)77-55)32(4)48(33(5)54(71)79-43)81-45-28-57(9,74-14)51(35(7)78-45)80-44(64)18-20-75-22-23-76-21-19-60-40-25-37-41(26-39(40)59)63(36-16-17-36)29-38(46(37)65)53(69)70/h25-26,29-36,42-43,45,47-51,55,60,66-67,72H,15-24,27-28H2,1-14H3,(H,61,68)(H,69,70)/t30-,31-,32+,33-,34-,35+,42+,43-,45+,47-,48+,49-,50?,51-,55+,56-,57-,58-/m1/s1. The number of aliphatic hydroxyl groups is 3. The molecule has 2 aromatic rings. The Bertz CT molecular complexity index is 2570. The Morgan fingerprint density at radius 2 is 1.54 bits per heavy atom. The molecule has 4 fully saturated rings. The summed E-state index contributed by atoms with van der Waals surface area (Å²) in [5.41, 5.74) is -4.39. The van der Waals surface area contributed by atoms with Crippen LogP contribution in [-0.4, -0.2) is 205 Å². The Balaban J connectivity index is 1.12. The molecule has 464 valence electrons. The number of carbonyl (C=O) groups excluding carboxylic acids is 3. The first-order chi connectivity index (χ1) is 38.5. The predicted octanol–water partition coefficient (Wildman–Crippen LogP) is 4.83. The third-order valence-corrected chi connectivity index (χ3v) is 17.3. The van der Waals surface area contributed by atoms with Crippen molar-refractivity contribution < 1.29 is 87.0 Å². The number of carboxylic acids is 1. The van der Waals surface area contributed by atoms with Crippen molar-refractivity contribution in [3.8, 4) is 0 Å². The summed E-state index contributed by atoms with van der Waals surface area (Å²) in [5.74, 6) is -6.28. The number of hydrogen-bond acceptors (Lipinski definition) is 20. The van der Waals surface area contributed by atoms with Crippen LogP contribution in [0.5, 0.6) is 0 Å². The van der Waals surface area contributed by atoms with Gasteiger partial charge in [0.25, 0.3) is 0 Å². The molecule has 6 rings (SSSR count). The molecule has 4 aliphatic rings. The number of esters is 2. The van der Waals surface area contributed by atoms with Crippen LogP contribution in [0.25, 0.3) is 10.9 Å². The number of aromatic nitrogens is 1. The van der Waals surface area contributed by atoms with E-state index in [1.165, 1.54) is 34.3 Å². The number of ether oxygens (including phenoxy) is 10. The van der Waals surface area contributed by atoms with Crippen molar-refractivity contribution in [1.82, 2.24) is 14.8 Å². The van der Waals surface area contributed by atoms with Crippen LogP contribution in [0, 0.1) is 17.8 Å². The Kier molecular flexibility index (Phi) is 23.2. The molecule has 0 bridgehead atoms. The number of rotatable bonds is 21. The van der Waals surface area contributed by atoms with Crippen LogP contribution in [-0.2, 0) is 61.8 Å². The van der Waals surface area contributed by atoms with Crippen LogP contribution in [0.1, 0.15) is 131 Å². The monoisotopic (exact) mass is 1180 g/mol. The van der Waals surface area contributed by atoms with Gasteiger partial charge in [0.05, 0.1) is 97.0 Å². The number of nitrogens with one attached hydrogen (secondary N) is 2. The number of nitrogens with zero attached hydrogens (tertiary/aromatic N) is 2. The fraction of sp³-hybridized carbons (Fsp3) is 0.776. The maximum atomic E-state index is 14.6. The zero-order valence-electron chi connectivity index (χ0n) is 50.1. The molecule has 1 aliphatic carbocycles. The average molecular weight is 1180 g/mol. The smallest absolute Gasteiger partial charge is 0.341 e. The first kappa shape index (κ1) is 67.1. The highest BCUT2D eigenvalue weighted by atomic mass is 35.5. The highest BCUT2D eigenvalue weighted by Gasteiger charge is 2.54. The number of aromatic carboxylic acids is 1. The molecule has 1 aromatic heterocycles. The van der Waals surface area contributed by atoms with Crippen molar-refractivity contribution in [2.24, 2.45) is 17.8 Å². The molecular weight excluding hydrogens is 1090 g/mol. The second-order valence-corrected chi connectivity index (χ2v) is 24.2. The molecule has 1 amide bonds. The molecule has 3 aliphatic heterocycles. The highest BCUT2D eigenvalue weighted by Crippen LogP contribution is 2.42. The summed E-state index contributed by atoms with van der Waals surface area (Å²) in [6, 6.07) is 2.41. The molecule has 0 spiro atoms. The van der Waals surface area contributed by atoms with Gasteiger partial charge < -0.3 is 87.9 Å². The van der Waals surface area contributed by atoms with Gasteiger partial charge in [-0.2, -0.15) is 0 Å². The van der Waals surface area contributed by atoms with Gasteiger partial charge in [0, 0.05) is 62.8 Å². The molecule has 82 heavy (non-hydrogen) atoms. The number of pyridine rings is 1. The molecular formula is C58H91ClN4O19. The van der Waals surface area contributed by atoms with Crippen LogP contribution in [0.2, 0.25) is 5.02 Å². The van der Waals surface area contributed by atoms with E-state index in [-0.39, 0.29) is 81.2 Å². The molecule has 3 saturated heterocycles. The molecule has 24 heteroatoms. The lowest BCUT2D eigenvalue weighted by molar-refractivity contribution is -0.320. The molecule has 6 N–H and O–H groups in total. The largest absolute Gasteiger partial charge is 0.477 e. The Morgan fingerprint density at radius 1 is 0.890 bits per heavy atom. The second-order valence-electron chi connectivity index (χ2n) is 23.8. The zero-order chi connectivity index (χ0) is 60.8. The number of carbonyl (C=O) groups is 4. The lowest BCUT2D eigenvalue weighted by Gasteiger charge is -2.50. The predicted molar refractivity (Wildman–Crippen MR) is 302 cm³/mol. The molecule has 0 radical (unpaired) electrons. The third-order valence-electron chi connectivity index (χ3n) is 17.0. The van der Waals surface area contributed by atoms with E-state index in [9.17, 15) is 44.4 Å². The first-order valence-corrected chi connectivity index (χ1v) is 29.1. The van der Waals surface area contributed by atoms with E-state index in [1.807, 2.05) is 37.4 Å². The number of likely N-dealkylation sites (N-methyl/N-ethyl adjacent to an activating group) is 1. The van der Waals surface area contributed by atoms with Gasteiger partial charge in [-0.15, -0.1) is 0 Å². The summed E-state index contributed by atoms with van der Waals surface area (Å²) in [5, 5.41) is 51.6. The second kappa shape index (κ2) is 28.4. The lowest BCUT2D eigenvalue weighted by Crippen LogP contribution is -2.61. The first-order valence-electron chi connectivity index (χ1n) is 28.7. The Morgan fingerprint density at radius 3 is 2.15 bits per heavy atom. The van der Waals surface area contributed by atoms with Crippen molar-refractivity contribution in [3.63, 3.8) is 0 Å². The molecule has 1 unspecified atom stereocenters. The number of hydrogen-bond donors (Lipinski definition) is 6. The van der Waals surface area contributed by atoms with Gasteiger partial charge in [0.15, 0.2) is 18.7 Å². The lowest BCUT2D eigenvalue weighted by atomic mass is 9.78. The SMILES string of the molecule is CC[C@H]1OC(=O)[C@H](C)[C@@H](O[C@H]2C[C@@](C)(OC)[C@H](OC(=O)CCOCCOCCNc3cc4c(=O)c(C(=O)O)cn(C5CC5)c4cc3Cl)[C@H](C)O2)[C@H](C)C(O[C@@H]2O[C@H](C)C[C@H](N(C)C)[C@H]2O)[C@](C)(OC)C[C@@H](C)NC(=O)[C@H](C)[C@@H](O)[C@]1(C)O. The fourth-order valence-corrected chi connectivity index (χ4v) is 12.1. The van der Waals surface area contributed by atoms with E-state index in [0.29, 0.717) is 29.2 Å². The fourth-order valence-electron chi connectivity index (χ4n) is 11.9. The van der Waals surface area contributed by atoms with E-state index < -0.39 is 125 Å². The minimum absolute atomic E-state index is 0.0112. The Hall–Kier alpha value is -4.08. The molecule has 23 nitrogen and oxygen atoms in total. The number of fused-ring (bicyclic) bond motifs is 1. The van der Waals surface area contributed by atoms with Crippen LogP contribution in [0.15, 0.2) is 23.1 Å². The summed E-state index contributed by atoms with van der Waals surface area (Å²) in [4.78, 5) is 68.6. The summed E-state index contributed by atoms with van der Waals surface area (Å²) >= 11 is 6.59. The molecule has 1 aromatic carbocycles. The van der Waals surface area contributed by atoms with Crippen LogP contribution < -0.4 is 16.1 Å². The zero-order valence-corrected chi connectivity index (χ0v) is 50.9. The number of carboxylic acid groups (broad SMARTS) is 1. The van der Waals surface area contributed by atoms with Crippen molar-refractivity contribution in [2.75, 3.05) is 66.6 Å². The Labute approximate surface area is 486 Å². The van der Waals surface area contributed by atoms with Gasteiger partial charge in [0.1, 0.15) is 29.0 Å². The van der Waals surface area contributed by atoms with Crippen molar-refractivity contribution in [2.45, 2.75) is 211 Å². The number of amides is 1. The van der Waals surface area contributed by atoms with Crippen LogP contribution in [0.4, 0.5) is 5.69 Å². The minimum Gasteiger partial charge on any atom is -0.477 e. The quantitative estimate of drug-likeness (QED) is 0.0721. The summed E-state index contributed by atoms with van der Waals surface area (Å²) in [7, 11) is 6.71. The van der Waals surface area contributed by atoms with Crippen molar-refractivity contribution in [3.05, 3.63) is 39.1 Å². The van der Waals surface area contributed by atoms with Crippen LogP contribution in [0.3, 0.4) is 0 Å². The maximum Gasteiger partial charge on any atom is 0.341 e. The minimum atomic E-state index is -2.07. The van der Waals surface area contributed by atoms with Gasteiger partial charge in [-0.1, -0.05) is 32.4 Å². The van der Waals surface area contributed by atoms with E-state index in [4.69, 9.17) is 59.0 Å². The molecule has 18 atom stereocenters. The summed E-state index contributed by atoms with van der Waals surface area (Å²) < 4.78 is 64.5. The number of methoxy groups -OCH3 is 2. The van der Waals surface area contributed by atoms with E-state index in [2.05, 4.69) is 10.6 Å². The molecule has 1 saturated carbocycles. The average Bonchev–Trinajstić information content (AvgIpc) is 3.57.